The molecule has 22 heavy (non-hydrogen) atoms. The van der Waals surface area contributed by atoms with E-state index in [9.17, 15) is 22.4 Å². The van der Waals surface area contributed by atoms with Crippen molar-refractivity contribution in [1.29, 1.82) is 0 Å². The lowest BCUT2D eigenvalue weighted by Gasteiger charge is -2.53. The van der Waals surface area contributed by atoms with Gasteiger partial charge in [0.2, 0.25) is 0 Å². The molecule has 0 unspecified atom stereocenters. The second kappa shape index (κ2) is 5.65. The largest absolute Gasteiger partial charge is 0.458 e. The fraction of sp³-hybridized carbons (Fsp3) is 0.933. The first kappa shape index (κ1) is 19.2. The molecule has 1 saturated heterocycles. The van der Waals surface area contributed by atoms with Gasteiger partial charge in [0.25, 0.3) is 5.92 Å². The van der Waals surface area contributed by atoms with Crippen molar-refractivity contribution in [2.75, 3.05) is 7.05 Å². The molecule has 1 heterocycles. The number of halogens is 4. The number of carbonyl (C=O) groups excluding carboxylic acids is 1. The monoisotopic (exact) mass is 327 g/mol. The molecule has 1 aliphatic heterocycles. The lowest BCUT2D eigenvalue weighted by atomic mass is 9.78. The number of nitrogens with zero attached hydrogens (tertiary/aromatic N) is 1. The first-order chi connectivity index (χ1) is 9.57. The number of rotatable bonds is 4. The van der Waals surface area contributed by atoms with Crippen LogP contribution in [0.5, 0.6) is 0 Å². The van der Waals surface area contributed by atoms with Crippen molar-refractivity contribution >= 4 is 5.97 Å². The Kier molecular flexibility index (Phi) is 4.93. The first-order valence-corrected chi connectivity index (χ1v) is 7.28. The van der Waals surface area contributed by atoms with Gasteiger partial charge < -0.3 is 4.74 Å². The third-order valence-corrected chi connectivity index (χ3v) is 4.38. The van der Waals surface area contributed by atoms with Crippen LogP contribution >= 0.6 is 0 Å². The van der Waals surface area contributed by atoms with Gasteiger partial charge in [-0.15, -0.1) is 0 Å². The minimum atomic E-state index is -4.18. The Hall–Kier alpha value is -0.850. The van der Waals surface area contributed by atoms with Gasteiger partial charge in [-0.05, 0) is 41.7 Å². The van der Waals surface area contributed by atoms with Crippen LogP contribution < -0.4 is 0 Å². The second-order valence-electron chi connectivity index (χ2n) is 7.57. The van der Waals surface area contributed by atoms with Crippen LogP contribution in [0.15, 0.2) is 0 Å². The van der Waals surface area contributed by atoms with E-state index in [0.29, 0.717) is 19.8 Å². The van der Waals surface area contributed by atoms with Crippen LogP contribution in [0.2, 0.25) is 0 Å². The molecular weight excluding hydrogens is 302 g/mol. The molecule has 0 aromatic rings. The average Bonchev–Trinajstić information content (AvgIpc) is 2.21. The van der Waals surface area contributed by atoms with Crippen LogP contribution in [0.4, 0.5) is 17.6 Å². The Labute approximate surface area is 129 Å². The summed E-state index contributed by atoms with van der Waals surface area (Å²) < 4.78 is 57.5. The van der Waals surface area contributed by atoms with Crippen LogP contribution in [-0.2, 0) is 9.53 Å². The zero-order chi connectivity index (χ0) is 17.6. The maximum atomic E-state index is 13.6. The maximum Gasteiger partial charge on any atom is 0.377 e. The quantitative estimate of drug-likeness (QED) is 0.580. The van der Waals surface area contributed by atoms with Crippen molar-refractivity contribution in [3.8, 4) is 0 Å². The third kappa shape index (κ3) is 4.57. The van der Waals surface area contributed by atoms with Crippen molar-refractivity contribution in [2.24, 2.45) is 0 Å². The Morgan fingerprint density at radius 3 is 1.91 bits per heavy atom. The number of ether oxygens (including phenoxy) is 1. The highest BCUT2D eigenvalue weighted by atomic mass is 19.3. The van der Waals surface area contributed by atoms with E-state index in [0.717, 1.165) is 0 Å². The first-order valence-electron chi connectivity index (χ1n) is 7.28. The number of hydrogen-bond acceptors (Lipinski definition) is 3. The topological polar surface area (TPSA) is 29.5 Å². The minimum Gasteiger partial charge on any atom is -0.458 e. The number of piperidine rings is 1. The third-order valence-electron chi connectivity index (χ3n) is 4.38. The summed E-state index contributed by atoms with van der Waals surface area (Å²) in [5.41, 5.74) is -0.701. The van der Waals surface area contributed by atoms with Crippen molar-refractivity contribution in [3.05, 3.63) is 0 Å². The fourth-order valence-electron chi connectivity index (χ4n) is 3.06. The van der Waals surface area contributed by atoms with E-state index in [2.05, 4.69) is 4.90 Å². The average molecular weight is 327 g/mol. The van der Waals surface area contributed by atoms with Gasteiger partial charge in [0.1, 0.15) is 6.10 Å². The molecule has 0 N–H and O–H groups in total. The Morgan fingerprint density at radius 2 is 1.55 bits per heavy atom. The Balaban J connectivity index is 2.80. The SMILES string of the molecule is CN1C(C)(C)CC(OC(=O)C(F)(F)CC(C)(F)F)CC1(C)C. The summed E-state index contributed by atoms with van der Waals surface area (Å²) in [5.74, 6) is -9.68. The molecule has 1 aliphatic rings. The van der Waals surface area contributed by atoms with E-state index in [1.165, 1.54) is 0 Å². The summed E-state index contributed by atoms with van der Waals surface area (Å²) in [6.07, 6.45) is -1.81. The van der Waals surface area contributed by atoms with Crippen molar-refractivity contribution in [3.63, 3.8) is 0 Å². The normalized spacial score (nSPS) is 23.4. The molecule has 0 aromatic carbocycles. The molecule has 7 heteroatoms. The fourth-order valence-corrected chi connectivity index (χ4v) is 3.06. The predicted octanol–water partition coefficient (Wildman–Crippen LogP) is 3.86. The van der Waals surface area contributed by atoms with Crippen LogP contribution in [0.1, 0.15) is 53.9 Å². The van der Waals surface area contributed by atoms with Crippen molar-refractivity contribution < 1.29 is 27.1 Å². The molecule has 0 amide bonds. The van der Waals surface area contributed by atoms with Gasteiger partial charge in [-0.3, -0.25) is 4.90 Å². The van der Waals surface area contributed by atoms with Crippen molar-refractivity contribution in [1.82, 2.24) is 4.90 Å². The number of likely N-dealkylation sites (tertiary alicyclic amines) is 1. The van der Waals surface area contributed by atoms with Gasteiger partial charge in [0, 0.05) is 23.9 Å². The lowest BCUT2D eigenvalue weighted by molar-refractivity contribution is -0.195. The number of hydrogen-bond donors (Lipinski definition) is 0. The highest BCUT2D eigenvalue weighted by molar-refractivity contribution is 5.77. The van der Waals surface area contributed by atoms with Gasteiger partial charge in [0.05, 0.1) is 6.42 Å². The predicted molar refractivity (Wildman–Crippen MR) is 75.2 cm³/mol. The Bertz CT molecular complexity index is 412. The molecule has 0 bridgehead atoms. The second-order valence-corrected chi connectivity index (χ2v) is 7.57. The van der Waals surface area contributed by atoms with E-state index in [1.54, 1.807) is 0 Å². The molecule has 0 atom stereocenters. The zero-order valence-electron chi connectivity index (χ0n) is 14.0. The van der Waals surface area contributed by atoms with Crippen LogP contribution in [0.25, 0.3) is 0 Å². The van der Waals surface area contributed by atoms with Gasteiger partial charge in [-0.25, -0.2) is 13.6 Å². The smallest absolute Gasteiger partial charge is 0.377 e. The van der Waals surface area contributed by atoms with E-state index in [-0.39, 0.29) is 11.1 Å². The molecule has 0 aliphatic carbocycles. The highest BCUT2D eigenvalue weighted by Crippen LogP contribution is 2.39. The molecule has 0 aromatic heterocycles. The van der Waals surface area contributed by atoms with Gasteiger partial charge in [0.15, 0.2) is 0 Å². The molecule has 130 valence electrons. The molecule has 0 radical (unpaired) electrons. The summed E-state index contributed by atoms with van der Waals surface area (Å²) in [6, 6.07) is 0. The van der Waals surface area contributed by atoms with E-state index in [1.807, 2.05) is 34.7 Å². The van der Waals surface area contributed by atoms with Crippen LogP contribution in [0.3, 0.4) is 0 Å². The van der Waals surface area contributed by atoms with E-state index >= 15 is 0 Å². The summed E-state index contributed by atoms with van der Waals surface area (Å²) in [7, 11) is 1.92. The zero-order valence-corrected chi connectivity index (χ0v) is 14.0. The van der Waals surface area contributed by atoms with Gasteiger partial charge in [-0.2, -0.15) is 8.78 Å². The van der Waals surface area contributed by atoms with Crippen molar-refractivity contribution in [2.45, 2.75) is 82.9 Å². The standard InChI is InChI=1S/C15H25F4NO2/c1-12(2)7-10(8-13(3,4)20(12)6)22-11(21)15(18,19)9-14(5,16)17/h10H,7-9H2,1-6H3. The molecule has 1 fully saturated rings. The van der Waals surface area contributed by atoms with E-state index < -0.39 is 30.3 Å². The highest BCUT2D eigenvalue weighted by Gasteiger charge is 2.51. The number of alkyl halides is 4. The molecule has 0 saturated carbocycles. The molecule has 0 spiro atoms. The maximum absolute atomic E-state index is 13.6. The summed E-state index contributed by atoms with van der Waals surface area (Å²) in [4.78, 5) is 13.7. The van der Waals surface area contributed by atoms with Crippen LogP contribution in [-0.4, -0.2) is 46.9 Å². The van der Waals surface area contributed by atoms with Crippen LogP contribution in [0, 0.1) is 0 Å². The lowest BCUT2D eigenvalue weighted by Crippen LogP contribution is -2.60. The Morgan fingerprint density at radius 1 is 1.14 bits per heavy atom. The molecular formula is C15H25F4NO2. The number of esters is 1. The summed E-state index contributed by atoms with van der Waals surface area (Å²) in [5, 5.41) is 0. The van der Waals surface area contributed by atoms with Gasteiger partial charge in [-0.1, -0.05) is 0 Å². The van der Waals surface area contributed by atoms with Gasteiger partial charge >= 0.3 is 11.9 Å². The number of carbonyl (C=O) groups is 1. The van der Waals surface area contributed by atoms with E-state index in [4.69, 9.17) is 4.74 Å². The summed E-state index contributed by atoms with van der Waals surface area (Å²) >= 11 is 0. The molecule has 1 rings (SSSR count). The summed E-state index contributed by atoms with van der Waals surface area (Å²) in [6.45, 7) is 8.05. The minimum absolute atomic E-state index is 0.351. The molecule has 3 nitrogen and oxygen atoms in total.